The molecule has 0 unspecified atom stereocenters. The van der Waals surface area contributed by atoms with Crippen LogP contribution in [0.3, 0.4) is 0 Å². The highest BCUT2D eigenvalue weighted by Gasteiger charge is 2.01. The van der Waals surface area contributed by atoms with Crippen LogP contribution in [0.4, 0.5) is 0 Å². The van der Waals surface area contributed by atoms with E-state index in [-0.39, 0.29) is 36.3 Å². The van der Waals surface area contributed by atoms with E-state index in [9.17, 15) is 8.42 Å². The van der Waals surface area contributed by atoms with E-state index < -0.39 is 9.84 Å². The van der Waals surface area contributed by atoms with Gasteiger partial charge in [-0.1, -0.05) is 30.3 Å². The quantitative estimate of drug-likeness (QED) is 0.218. The highest BCUT2D eigenvalue weighted by Crippen LogP contribution is 2.02. The van der Waals surface area contributed by atoms with Crippen LogP contribution in [0, 0.1) is 0 Å². The second-order valence-electron chi connectivity index (χ2n) is 5.52. The van der Waals surface area contributed by atoms with Crippen LogP contribution in [0.5, 0.6) is 0 Å². The summed E-state index contributed by atoms with van der Waals surface area (Å²) >= 11 is 0. The third-order valence-corrected chi connectivity index (χ3v) is 4.13. The topological polar surface area (TPSA) is 79.8 Å². The number of rotatable bonds is 11. The summed E-state index contributed by atoms with van der Waals surface area (Å²) in [5, 5.41) is 6.37. The number of halogens is 1. The molecule has 0 aliphatic heterocycles. The van der Waals surface area contributed by atoms with Crippen LogP contribution >= 0.6 is 24.0 Å². The summed E-state index contributed by atoms with van der Waals surface area (Å²) in [7, 11) is -2.96. The van der Waals surface area contributed by atoms with Gasteiger partial charge in [-0.25, -0.2) is 8.42 Å². The van der Waals surface area contributed by atoms with E-state index in [0.717, 1.165) is 31.9 Å². The van der Waals surface area contributed by atoms with E-state index in [4.69, 9.17) is 4.74 Å². The zero-order chi connectivity index (χ0) is 17.7. The molecule has 25 heavy (non-hydrogen) atoms. The Labute approximate surface area is 168 Å². The minimum absolute atomic E-state index is 0. The molecule has 1 aromatic rings. The molecule has 0 amide bonds. The van der Waals surface area contributed by atoms with E-state index in [2.05, 4.69) is 27.8 Å². The summed E-state index contributed by atoms with van der Waals surface area (Å²) in [5.41, 5.74) is 1.32. The van der Waals surface area contributed by atoms with E-state index in [1.165, 1.54) is 11.8 Å². The van der Waals surface area contributed by atoms with Crippen molar-refractivity contribution in [2.24, 2.45) is 4.99 Å². The smallest absolute Gasteiger partial charge is 0.191 e. The zero-order valence-corrected chi connectivity index (χ0v) is 18.2. The fourth-order valence-electron chi connectivity index (χ4n) is 2.01. The molecule has 0 heterocycles. The second-order valence-corrected chi connectivity index (χ2v) is 7.78. The number of guanidine groups is 1. The molecule has 0 fully saturated rings. The molecular formula is C17H30IN3O3S. The third kappa shape index (κ3) is 14.0. The van der Waals surface area contributed by atoms with Gasteiger partial charge in [-0.2, -0.15) is 0 Å². The minimum Gasteiger partial charge on any atom is -0.379 e. The Kier molecular flexibility index (Phi) is 13.8. The Bertz CT molecular complexity index is 580. The van der Waals surface area contributed by atoms with Gasteiger partial charge in [0.15, 0.2) is 5.96 Å². The molecule has 0 bridgehead atoms. The largest absolute Gasteiger partial charge is 0.379 e. The lowest BCUT2D eigenvalue weighted by atomic mass is 10.1. The molecule has 8 heteroatoms. The van der Waals surface area contributed by atoms with Gasteiger partial charge < -0.3 is 15.4 Å². The van der Waals surface area contributed by atoms with Gasteiger partial charge >= 0.3 is 0 Å². The molecule has 0 saturated heterocycles. The monoisotopic (exact) mass is 483 g/mol. The van der Waals surface area contributed by atoms with Crippen molar-refractivity contribution < 1.29 is 13.2 Å². The highest BCUT2D eigenvalue weighted by molar-refractivity contribution is 14.0. The van der Waals surface area contributed by atoms with Crippen LogP contribution < -0.4 is 10.6 Å². The Morgan fingerprint density at radius 3 is 2.52 bits per heavy atom. The molecule has 2 N–H and O–H groups in total. The van der Waals surface area contributed by atoms with E-state index in [0.29, 0.717) is 13.2 Å². The summed E-state index contributed by atoms with van der Waals surface area (Å²) in [6.45, 7) is 4.83. The van der Waals surface area contributed by atoms with Gasteiger partial charge in [0.1, 0.15) is 9.84 Å². The lowest BCUT2D eigenvalue weighted by molar-refractivity contribution is 0.154. The second kappa shape index (κ2) is 14.3. The number of hydrogen-bond donors (Lipinski definition) is 2. The van der Waals surface area contributed by atoms with Crippen molar-refractivity contribution in [1.82, 2.24) is 10.6 Å². The first-order valence-electron chi connectivity index (χ1n) is 8.33. The number of aryl methyl sites for hydroxylation is 1. The first kappa shape index (κ1) is 24.1. The molecule has 0 atom stereocenters. The summed E-state index contributed by atoms with van der Waals surface area (Å²) in [6, 6.07) is 10.4. The lowest BCUT2D eigenvalue weighted by Gasteiger charge is -2.11. The molecule has 0 spiro atoms. The number of aliphatic imine (C=N–C) groups is 1. The van der Waals surface area contributed by atoms with Gasteiger partial charge in [-0.3, -0.25) is 4.99 Å². The van der Waals surface area contributed by atoms with E-state index in [1.54, 1.807) is 0 Å². The highest BCUT2D eigenvalue weighted by atomic mass is 127. The maximum Gasteiger partial charge on any atom is 0.191 e. The Balaban J connectivity index is 0.00000576. The van der Waals surface area contributed by atoms with Gasteiger partial charge in [0.05, 0.1) is 19.0 Å². The maximum absolute atomic E-state index is 11.0. The number of benzene rings is 1. The first-order valence-corrected chi connectivity index (χ1v) is 10.4. The Hall–Kier alpha value is -0.870. The number of sulfone groups is 1. The van der Waals surface area contributed by atoms with Crippen molar-refractivity contribution in [3.05, 3.63) is 35.9 Å². The summed E-state index contributed by atoms with van der Waals surface area (Å²) in [6.07, 6.45) is 3.21. The van der Waals surface area contributed by atoms with E-state index in [1.807, 2.05) is 25.1 Å². The van der Waals surface area contributed by atoms with Crippen molar-refractivity contribution in [2.45, 2.75) is 19.8 Å². The summed E-state index contributed by atoms with van der Waals surface area (Å²) < 4.78 is 27.3. The molecule has 1 aromatic carbocycles. The number of nitrogens with one attached hydrogen (secondary N) is 2. The van der Waals surface area contributed by atoms with Crippen LogP contribution in [0.2, 0.25) is 0 Å². The van der Waals surface area contributed by atoms with Gasteiger partial charge in [-0.05, 0) is 25.3 Å². The SMILES string of the molecule is CCNC(=NCCCc1ccccc1)NCCOCCS(C)(=O)=O.I. The van der Waals surface area contributed by atoms with Crippen molar-refractivity contribution in [3.8, 4) is 0 Å². The predicted octanol–water partition coefficient (Wildman–Crippen LogP) is 1.85. The molecule has 1 rings (SSSR count). The predicted molar refractivity (Wildman–Crippen MR) is 115 cm³/mol. The molecule has 0 saturated carbocycles. The van der Waals surface area contributed by atoms with Crippen LogP contribution in [0.15, 0.2) is 35.3 Å². The average Bonchev–Trinajstić information content (AvgIpc) is 2.54. The Morgan fingerprint density at radius 1 is 1.16 bits per heavy atom. The van der Waals surface area contributed by atoms with Gasteiger partial charge in [-0.15, -0.1) is 24.0 Å². The maximum atomic E-state index is 11.0. The van der Waals surface area contributed by atoms with Gasteiger partial charge in [0, 0.05) is 25.9 Å². The first-order chi connectivity index (χ1) is 11.5. The summed E-state index contributed by atoms with van der Waals surface area (Å²) in [4.78, 5) is 4.53. The average molecular weight is 483 g/mol. The van der Waals surface area contributed by atoms with Crippen LogP contribution in [-0.2, 0) is 21.0 Å². The van der Waals surface area contributed by atoms with Crippen molar-refractivity contribution in [2.75, 3.05) is 44.9 Å². The van der Waals surface area contributed by atoms with E-state index >= 15 is 0 Å². The van der Waals surface area contributed by atoms with Gasteiger partial charge in [0.25, 0.3) is 0 Å². The molecule has 0 aliphatic rings. The van der Waals surface area contributed by atoms with Crippen molar-refractivity contribution in [3.63, 3.8) is 0 Å². The van der Waals surface area contributed by atoms with Gasteiger partial charge in [0.2, 0.25) is 0 Å². The standard InChI is InChI=1S/C17H29N3O3S.HI/c1-3-18-17(20-12-13-23-14-15-24(2,21)22)19-11-7-10-16-8-5-4-6-9-16;/h4-6,8-9H,3,7,10-15H2,1-2H3,(H2,18,19,20);1H. The number of ether oxygens (including phenoxy) is 1. The molecular weight excluding hydrogens is 453 g/mol. The van der Waals surface area contributed by atoms with Crippen molar-refractivity contribution >= 4 is 39.8 Å². The van der Waals surface area contributed by atoms with Crippen LogP contribution in [-0.4, -0.2) is 59.2 Å². The third-order valence-electron chi connectivity index (χ3n) is 3.22. The van der Waals surface area contributed by atoms with Crippen LogP contribution in [0.1, 0.15) is 18.9 Å². The minimum atomic E-state index is -2.96. The molecule has 0 aromatic heterocycles. The molecule has 0 radical (unpaired) electrons. The lowest BCUT2D eigenvalue weighted by Crippen LogP contribution is -2.39. The normalized spacial score (nSPS) is 11.7. The molecule has 0 aliphatic carbocycles. The molecule has 6 nitrogen and oxygen atoms in total. The molecule has 144 valence electrons. The van der Waals surface area contributed by atoms with Crippen LogP contribution in [0.25, 0.3) is 0 Å². The fourth-order valence-corrected chi connectivity index (χ4v) is 2.44. The zero-order valence-electron chi connectivity index (χ0n) is 15.0. The Morgan fingerprint density at radius 2 is 1.88 bits per heavy atom. The number of hydrogen-bond acceptors (Lipinski definition) is 4. The number of nitrogens with zero attached hydrogens (tertiary/aromatic N) is 1. The summed E-state index contributed by atoms with van der Waals surface area (Å²) in [5.74, 6) is 0.818. The fraction of sp³-hybridized carbons (Fsp3) is 0.588. The van der Waals surface area contributed by atoms with Crippen molar-refractivity contribution in [1.29, 1.82) is 0 Å².